The Morgan fingerprint density at radius 3 is 2.95 bits per heavy atom. The van der Waals surface area contributed by atoms with E-state index in [1.165, 1.54) is 10.9 Å². The van der Waals surface area contributed by atoms with Crippen LogP contribution < -0.4 is 5.73 Å². The Morgan fingerprint density at radius 1 is 1.38 bits per heavy atom. The highest BCUT2D eigenvalue weighted by molar-refractivity contribution is 5.81. The molecule has 2 N–H and O–H groups in total. The number of hydrogen-bond donors (Lipinski definition) is 1. The summed E-state index contributed by atoms with van der Waals surface area (Å²) in [5, 5.41) is 1.17. The SMILES string of the molecule is CCC1COC(C)CN1C(CN)c1coc2ccccc12. The van der Waals surface area contributed by atoms with Gasteiger partial charge in [-0.25, -0.2) is 0 Å². The summed E-state index contributed by atoms with van der Waals surface area (Å²) in [5.74, 6) is 0. The summed E-state index contributed by atoms with van der Waals surface area (Å²) in [5.41, 5.74) is 8.25. The second-order valence-corrected chi connectivity index (χ2v) is 5.84. The maximum Gasteiger partial charge on any atom is 0.134 e. The van der Waals surface area contributed by atoms with E-state index < -0.39 is 0 Å². The predicted molar refractivity (Wildman–Crippen MR) is 84.2 cm³/mol. The number of benzene rings is 1. The zero-order valence-electron chi connectivity index (χ0n) is 12.8. The van der Waals surface area contributed by atoms with Gasteiger partial charge in [0.2, 0.25) is 0 Å². The van der Waals surface area contributed by atoms with Crippen LogP contribution in [-0.4, -0.2) is 36.7 Å². The van der Waals surface area contributed by atoms with Gasteiger partial charge in [0.05, 0.1) is 25.0 Å². The molecule has 1 aliphatic heterocycles. The second-order valence-electron chi connectivity index (χ2n) is 5.84. The summed E-state index contributed by atoms with van der Waals surface area (Å²) in [6.07, 6.45) is 3.19. The molecular formula is C17H24N2O2. The number of hydrogen-bond acceptors (Lipinski definition) is 4. The highest BCUT2D eigenvalue weighted by Gasteiger charge is 2.32. The monoisotopic (exact) mass is 288 g/mol. The van der Waals surface area contributed by atoms with E-state index in [1.54, 1.807) is 0 Å². The third-order valence-electron chi connectivity index (χ3n) is 4.47. The van der Waals surface area contributed by atoms with Crippen LogP contribution in [0.3, 0.4) is 0 Å². The van der Waals surface area contributed by atoms with Gasteiger partial charge in [-0.15, -0.1) is 0 Å². The Morgan fingerprint density at radius 2 is 2.19 bits per heavy atom. The number of rotatable bonds is 4. The van der Waals surface area contributed by atoms with Crippen molar-refractivity contribution in [3.63, 3.8) is 0 Å². The predicted octanol–water partition coefficient (Wildman–Crippen LogP) is 2.93. The third kappa shape index (κ3) is 2.71. The van der Waals surface area contributed by atoms with Gasteiger partial charge in [-0.1, -0.05) is 25.1 Å². The fourth-order valence-electron chi connectivity index (χ4n) is 3.30. The Bertz CT molecular complexity index is 595. The summed E-state index contributed by atoms with van der Waals surface area (Å²) in [4.78, 5) is 2.49. The van der Waals surface area contributed by atoms with Crippen molar-refractivity contribution in [2.75, 3.05) is 19.7 Å². The first-order chi connectivity index (χ1) is 10.2. The molecule has 0 amide bonds. The topological polar surface area (TPSA) is 51.6 Å². The van der Waals surface area contributed by atoms with Crippen molar-refractivity contribution in [1.82, 2.24) is 4.90 Å². The molecule has 114 valence electrons. The molecule has 1 aromatic carbocycles. The van der Waals surface area contributed by atoms with Crippen LogP contribution in [0.1, 0.15) is 31.9 Å². The van der Waals surface area contributed by atoms with Crippen molar-refractivity contribution < 1.29 is 9.15 Å². The van der Waals surface area contributed by atoms with Crippen LogP contribution in [0, 0.1) is 0 Å². The smallest absolute Gasteiger partial charge is 0.134 e. The maximum atomic E-state index is 6.12. The van der Waals surface area contributed by atoms with Crippen LogP contribution in [0.4, 0.5) is 0 Å². The van der Waals surface area contributed by atoms with E-state index in [4.69, 9.17) is 14.9 Å². The quantitative estimate of drug-likeness (QED) is 0.940. The van der Waals surface area contributed by atoms with E-state index in [0.717, 1.165) is 25.2 Å². The number of para-hydroxylation sites is 1. The number of furan rings is 1. The Hall–Kier alpha value is -1.36. The van der Waals surface area contributed by atoms with E-state index >= 15 is 0 Å². The molecule has 2 heterocycles. The Labute approximate surface area is 125 Å². The van der Waals surface area contributed by atoms with Gasteiger partial charge in [0.25, 0.3) is 0 Å². The van der Waals surface area contributed by atoms with Crippen LogP contribution in [0.15, 0.2) is 34.9 Å². The molecule has 21 heavy (non-hydrogen) atoms. The summed E-state index contributed by atoms with van der Waals surface area (Å²) >= 11 is 0. The highest BCUT2D eigenvalue weighted by Crippen LogP contribution is 2.32. The molecule has 4 nitrogen and oxygen atoms in total. The van der Waals surface area contributed by atoms with Gasteiger partial charge in [0.15, 0.2) is 0 Å². The van der Waals surface area contributed by atoms with E-state index in [2.05, 4.69) is 24.8 Å². The lowest BCUT2D eigenvalue weighted by atomic mass is 10.00. The van der Waals surface area contributed by atoms with Gasteiger partial charge in [-0.05, 0) is 19.4 Å². The first kappa shape index (κ1) is 14.6. The summed E-state index contributed by atoms with van der Waals surface area (Å²) < 4.78 is 11.5. The number of nitrogens with zero attached hydrogens (tertiary/aromatic N) is 1. The number of nitrogens with two attached hydrogens (primary N) is 1. The van der Waals surface area contributed by atoms with Crippen molar-refractivity contribution in [3.05, 3.63) is 36.1 Å². The van der Waals surface area contributed by atoms with Crippen molar-refractivity contribution in [1.29, 1.82) is 0 Å². The number of fused-ring (bicyclic) bond motifs is 1. The molecular weight excluding hydrogens is 264 g/mol. The molecule has 0 spiro atoms. The first-order valence-electron chi connectivity index (χ1n) is 7.78. The Kier molecular flexibility index (Phi) is 4.29. The van der Waals surface area contributed by atoms with E-state index in [1.807, 2.05) is 24.5 Å². The molecule has 0 bridgehead atoms. The molecule has 1 aliphatic rings. The van der Waals surface area contributed by atoms with Crippen molar-refractivity contribution in [3.8, 4) is 0 Å². The molecule has 4 heteroatoms. The van der Waals surface area contributed by atoms with E-state index in [0.29, 0.717) is 12.6 Å². The fraction of sp³-hybridized carbons (Fsp3) is 0.529. The van der Waals surface area contributed by atoms with Crippen LogP contribution in [-0.2, 0) is 4.74 Å². The van der Waals surface area contributed by atoms with E-state index in [-0.39, 0.29) is 12.1 Å². The minimum atomic E-state index is 0.185. The zero-order valence-corrected chi connectivity index (χ0v) is 12.8. The van der Waals surface area contributed by atoms with Crippen molar-refractivity contribution in [2.24, 2.45) is 5.73 Å². The van der Waals surface area contributed by atoms with Crippen LogP contribution in [0.5, 0.6) is 0 Å². The zero-order chi connectivity index (χ0) is 14.8. The number of ether oxygens (including phenoxy) is 1. The molecule has 0 radical (unpaired) electrons. The molecule has 3 atom stereocenters. The lowest BCUT2D eigenvalue weighted by Gasteiger charge is -2.42. The average molecular weight is 288 g/mol. The number of morpholine rings is 1. The summed E-state index contributed by atoms with van der Waals surface area (Å²) in [7, 11) is 0. The average Bonchev–Trinajstić information content (AvgIpc) is 2.93. The van der Waals surface area contributed by atoms with E-state index in [9.17, 15) is 0 Å². The van der Waals surface area contributed by atoms with Crippen LogP contribution in [0.2, 0.25) is 0 Å². The van der Waals surface area contributed by atoms with Crippen molar-refractivity contribution >= 4 is 11.0 Å². The molecule has 0 aliphatic carbocycles. The molecule has 1 aromatic heterocycles. The third-order valence-corrected chi connectivity index (χ3v) is 4.47. The normalized spacial score (nSPS) is 25.3. The molecule has 3 unspecified atom stereocenters. The molecule has 2 aromatic rings. The van der Waals surface area contributed by atoms with Gasteiger partial charge in [0, 0.05) is 30.1 Å². The molecule has 0 saturated carbocycles. The lowest BCUT2D eigenvalue weighted by molar-refractivity contribution is -0.0718. The summed E-state index contributed by atoms with van der Waals surface area (Å²) in [6.45, 7) is 6.62. The minimum absolute atomic E-state index is 0.185. The summed E-state index contributed by atoms with van der Waals surface area (Å²) in [6, 6.07) is 8.77. The largest absolute Gasteiger partial charge is 0.464 e. The standard InChI is InChI=1S/C17H24N2O2/c1-3-13-10-20-12(2)9-19(13)16(8-18)15-11-21-17-7-5-4-6-14(15)17/h4-7,11-13,16H,3,8-10,18H2,1-2H3. The Balaban J connectivity index is 1.96. The van der Waals surface area contributed by atoms with Gasteiger partial charge in [-0.2, -0.15) is 0 Å². The molecule has 1 saturated heterocycles. The maximum absolute atomic E-state index is 6.12. The first-order valence-corrected chi connectivity index (χ1v) is 7.78. The molecule has 1 fully saturated rings. The second kappa shape index (κ2) is 6.18. The van der Waals surface area contributed by atoms with Gasteiger partial charge >= 0.3 is 0 Å². The molecule has 3 rings (SSSR count). The van der Waals surface area contributed by atoms with Crippen LogP contribution in [0.25, 0.3) is 11.0 Å². The van der Waals surface area contributed by atoms with Gasteiger partial charge in [0.1, 0.15) is 5.58 Å². The lowest BCUT2D eigenvalue weighted by Crippen LogP contribution is -2.51. The van der Waals surface area contributed by atoms with Crippen molar-refractivity contribution in [2.45, 2.75) is 38.5 Å². The minimum Gasteiger partial charge on any atom is -0.464 e. The highest BCUT2D eigenvalue weighted by atomic mass is 16.5. The van der Waals surface area contributed by atoms with Gasteiger partial charge < -0.3 is 14.9 Å². The van der Waals surface area contributed by atoms with Gasteiger partial charge in [-0.3, -0.25) is 4.90 Å². The fourth-order valence-corrected chi connectivity index (χ4v) is 3.30. The van der Waals surface area contributed by atoms with Crippen LogP contribution >= 0.6 is 0 Å².